The van der Waals surface area contributed by atoms with E-state index in [4.69, 9.17) is 18.5 Å². The van der Waals surface area contributed by atoms with Gasteiger partial charge in [0.25, 0.3) is 0 Å². The molecule has 2 atom stereocenters. The molecular formula is C47H85NO8P+. The van der Waals surface area contributed by atoms with Crippen LogP contribution in [-0.4, -0.2) is 74.9 Å². The summed E-state index contributed by atoms with van der Waals surface area (Å²) in [5.74, 6) is -0.879. The molecule has 0 spiro atoms. The Bertz CT molecular complexity index is 1160. The molecule has 0 saturated carbocycles. The molecule has 57 heavy (non-hydrogen) atoms. The maximum atomic E-state index is 12.7. The quantitative estimate of drug-likeness (QED) is 0.0214. The third-order valence-electron chi connectivity index (χ3n) is 9.27. The van der Waals surface area contributed by atoms with Crippen LogP contribution in [0.2, 0.25) is 0 Å². The highest BCUT2D eigenvalue weighted by molar-refractivity contribution is 7.47. The first kappa shape index (κ1) is 54.7. The number of phosphoric acid groups is 1. The first-order valence-electron chi connectivity index (χ1n) is 22.5. The van der Waals surface area contributed by atoms with Crippen molar-refractivity contribution in [2.24, 2.45) is 0 Å². The van der Waals surface area contributed by atoms with E-state index >= 15 is 0 Å². The summed E-state index contributed by atoms with van der Waals surface area (Å²) in [7, 11) is 1.43. The van der Waals surface area contributed by atoms with Gasteiger partial charge in [0.15, 0.2) is 6.10 Å². The molecule has 330 valence electrons. The zero-order valence-corrected chi connectivity index (χ0v) is 38.0. The van der Waals surface area contributed by atoms with Gasteiger partial charge in [0.1, 0.15) is 19.8 Å². The number of quaternary nitrogens is 1. The second-order valence-corrected chi connectivity index (χ2v) is 17.5. The first-order valence-corrected chi connectivity index (χ1v) is 24.0. The predicted octanol–water partition coefficient (Wildman–Crippen LogP) is 12.9. The molecule has 9 nitrogen and oxygen atoms in total. The van der Waals surface area contributed by atoms with Crippen molar-refractivity contribution in [1.82, 2.24) is 0 Å². The average Bonchev–Trinajstić information content (AvgIpc) is 3.16. The number of rotatable bonds is 40. The van der Waals surface area contributed by atoms with Gasteiger partial charge in [0.2, 0.25) is 0 Å². The fraction of sp³-hybridized carbons (Fsp3) is 0.745. The van der Waals surface area contributed by atoms with Gasteiger partial charge < -0.3 is 18.9 Å². The van der Waals surface area contributed by atoms with E-state index in [1.807, 2.05) is 21.1 Å². The van der Waals surface area contributed by atoms with Crippen LogP contribution >= 0.6 is 7.82 Å². The number of carbonyl (C=O) groups excluding carboxylic acids is 2. The highest BCUT2D eigenvalue weighted by Crippen LogP contribution is 2.43. The lowest BCUT2D eigenvalue weighted by Crippen LogP contribution is -2.37. The van der Waals surface area contributed by atoms with Crippen LogP contribution in [0.25, 0.3) is 0 Å². The average molecular weight is 823 g/mol. The maximum absolute atomic E-state index is 12.7. The van der Waals surface area contributed by atoms with Crippen molar-refractivity contribution in [2.75, 3.05) is 47.5 Å². The maximum Gasteiger partial charge on any atom is 0.472 e. The smallest absolute Gasteiger partial charge is 0.462 e. The van der Waals surface area contributed by atoms with Crippen molar-refractivity contribution in [3.63, 3.8) is 0 Å². The number of hydrogen-bond acceptors (Lipinski definition) is 7. The van der Waals surface area contributed by atoms with Crippen LogP contribution in [0.4, 0.5) is 0 Å². The van der Waals surface area contributed by atoms with Crippen molar-refractivity contribution in [1.29, 1.82) is 0 Å². The van der Waals surface area contributed by atoms with Gasteiger partial charge in [-0.2, -0.15) is 0 Å². The number of likely N-dealkylation sites (N-methyl/N-ethyl adjacent to an activating group) is 1. The highest BCUT2D eigenvalue weighted by Gasteiger charge is 2.27. The third-order valence-corrected chi connectivity index (χ3v) is 10.3. The lowest BCUT2D eigenvalue weighted by molar-refractivity contribution is -0.870. The fourth-order valence-electron chi connectivity index (χ4n) is 5.71. The minimum atomic E-state index is -4.39. The molecule has 1 unspecified atom stereocenters. The number of nitrogens with zero attached hydrogens (tertiary/aromatic N) is 1. The van der Waals surface area contributed by atoms with Crippen LogP contribution in [0.3, 0.4) is 0 Å². The number of unbranched alkanes of at least 4 members (excludes halogenated alkanes) is 16. The van der Waals surface area contributed by atoms with Gasteiger partial charge in [-0.15, -0.1) is 0 Å². The van der Waals surface area contributed by atoms with Crippen molar-refractivity contribution in [2.45, 2.75) is 180 Å². The summed E-state index contributed by atoms with van der Waals surface area (Å²) in [5, 5.41) is 0. The molecule has 0 aromatic heterocycles. The molecule has 1 N–H and O–H groups in total. The van der Waals surface area contributed by atoms with Crippen LogP contribution in [0.5, 0.6) is 0 Å². The van der Waals surface area contributed by atoms with Gasteiger partial charge in [-0.3, -0.25) is 18.6 Å². The number of allylic oxidation sites excluding steroid dienone is 10. The Kier molecular flexibility index (Phi) is 37.6. The zero-order valence-electron chi connectivity index (χ0n) is 37.1. The Morgan fingerprint density at radius 1 is 0.544 bits per heavy atom. The number of esters is 2. The minimum Gasteiger partial charge on any atom is -0.462 e. The van der Waals surface area contributed by atoms with E-state index in [0.29, 0.717) is 23.9 Å². The second-order valence-electron chi connectivity index (χ2n) is 16.1. The number of ether oxygens (including phenoxy) is 2. The topological polar surface area (TPSA) is 108 Å². The molecule has 0 heterocycles. The summed E-state index contributed by atoms with van der Waals surface area (Å²) in [5.41, 5.74) is 0. The Morgan fingerprint density at radius 3 is 1.51 bits per heavy atom. The minimum absolute atomic E-state index is 0.0194. The monoisotopic (exact) mass is 823 g/mol. The number of hydrogen-bond donors (Lipinski definition) is 1. The molecule has 0 saturated heterocycles. The molecule has 0 aliphatic carbocycles. The molecular weight excluding hydrogens is 737 g/mol. The molecule has 0 fully saturated rings. The Hall–Kier alpha value is -2.29. The summed E-state index contributed by atoms with van der Waals surface area (Å²) >= 11 is 0. The summed E-state index contributed by atoms with van der Waals surface area (Å²) < 4.78 is 34.2. The van der Waals surface area contributed by atoms with Crippen LogP contribution in [0, 0.1) is 0 Å². The van der Waals surface area contributed by atoms with E-state index in [9.17, 15) is 19.0 Å². The molecule has 0 rings (SSSR count). The lowest BCUT2D eigenvalue weighted by atomic mass is 10.1. The third kappa shape index (κ3) is 43.1. The van der Waals surface area contributed by atoms with E-state index < -0.39 is 32.5 Å². The van der Waals surface area contributed by atoms with Gasteiger partial charge in [0, 0.05) is 12.8 Å². The molecule has 0 amide bonds. The van der Waals surface area contributed by atoms with E-state index in [1.54, 1.807) is 0 Å². The number of phosphoric ester groups is 1. The molecule has 0 aliphatic heterocycles. The largest absolute Gasteiger partial charge is 0.472 e. The van der Waals surface area contributed by atoms with E-state index in [2.05, 4.69) is 74.6 Å². The van der Waals surface area contributed by atoms with Gasteiger partial charge in [-0.05, 0) is 77.0 Å². The van der Waals surface area contributed by atoms with Gasteiger partial charge in [0.05, 0.1) is 27.7 Å². The van der Waals surface area contributed by atoms with Crippen LogP contribution in [0.1, 0.15) is 174 Å². The zero-order chi connectivity index (χ0) is 42.1. The van der Waals surface area contributed by atoms with Gasteiger partial charge in [-0.25, -0.2) is 4.57 Å². The number of carbonyl (C=O) groups is 2. The molecule has 0 aliphatic rings. The van der Waals surface area contributed by atoms with E-state index in [-0.39, 0.29) is 26.1 Å². The van der Waals surface area contributed by atoms with Crippen molar-refractivity contribution in [3.8, 4) is 0 Å². The fourth-order valence-corrected chi connectivity index (χ4v) is 6.45. The molecule has 0 aromatic rings. The van der Waals surface area contributed by atoms with E-state index in [1.165, 1.54) is 70.6 Å². The standard InChI is InChI=1S/C47H84NO8P/c1-6-8-10-12-14-16-18-20-21-22-23-24-25-26-27-28-30-31-33-35-37-39-46(49)53-43-45(44-55-57(51,52)54-42-41-48(3,4)5)56-47(50)40-38-36-34-32-29-19-17-15-13-11-9-7-2/h15,17,21-22,24-25,27-28,31,33,45H,6-14,16,18-20,23,26,29-30,32,34-44H2,1-5H3/p+1/b17-15+,22-21+,25-24+,28-27+,33-31+/t45-/m0/s1. The van der Waals surface area contributed by atoms with Crippen molar-refractivity contribution >= 4 is 19.8 Å². The summed E-state index contributed by atoms with van der Waals surface area (Å²) in [6, 6.07) is 0. The summed E-state index contributed by atoms with van der Waals surface area (Å²) in [4.78, 5) is 35.3. The second kappa shape index (κ2) is 39.2. The molecule has 0 radical (unpaired) electrons. The Labute approximate surface area is 349 Å². The van der Waals surface area contributed by atoms with Crippen molar-refractivity contribution < 1.29 is 42.1 Å². The Morgan fingerprint density at radius 2 is 0.965 bits per heavy atom. The van der Waals surface area contributed by atoms with Crippen LogP contribution in [0.15, 0.2) is 60.8 Å². The molecule has 0 aromatic carbocycles. The normalized spacial score (nSPS) is 14.1. The molecule has 10 heteroatoms. The van der Waals surface area contributed by atoms with Gasteiger partial charge in [-0.1, -0.05) is 145 Å². The van der Waals surface area contributed by atoms with Crippen LogP contribution < -0.4 is 0 Å². The lowest BCUT2D eigenvalue weighted by Gasteiger charge is -2.24. The SMILES string of the molecule is CCCCC/C=C/CCCCCCCC(=O)O[C@@H](COC(=O)CCC/C=C/C/C=C/C/C=C/C/C=C/CCCCCCCCC)COP(=O)(O)OCC[N+](C)(C)C. The summed E-state index contributed by atoms with van der Waals surface area (Å²) in [6.45, 7) is 4.31. The summed E-state index contributed by atoms with van der Waals surface area (Å²) in [6.07, 6.45) is 47.1. The predicted molar refractivity (Wildman–Crippen MR) is 238 cm³/mol. The van der Waals surface area contributed by atoms with Gasteiger partial charge >= 0.3 is 19.8 Å². The first-order chi connectivity index (χ1) is 27.5. The molecule has 0 bridgehead atoms. The highest BCUT2D eigenvalue weighted by atomic mass is 31.2. The van der Waals surface area contributed by atoms with Crippen molar-refractivity contribution in [3.05, 3.63) is 60.8 Å². The van der Waals surface area contributed by atoms with Crippen LogP contribution in [-0.2, 0) is 32.7 Å². The Balaban J connectivity index is 4.42. The van der Waals surface area contributed by atoms with E-state index in [0.717, 1.165) is 64.2 Å².